The van der Waals surface area contributed by atoms with Gasteiger partial charge in [0.05, 0.1) is 17.8 Å². The number of carbonyl (C=O) groups is 1. The van der Waals surface area contributed by atoms with Crippen molar-refractivity contribution >= 4 is 11.7 Å². The zero-order chi connectivity index (χ0) is 13.2. The molecule has 3 N–H and O–H groups in total. The number of anilines is 1. The van der Waals surface area contributed by atoms with Gasteiger partial charge in [-0.3, -0.25) is 4.79 Å². The molecule has 0 aromatic carbocycles. The smallest absolute Gasteiger partial charge is 0.257 e. The fourth-order valence-electron chi connectivity index (χ4n) is 2.05. The Morgan fingerprint density at radius 2 is 2.39 bits per heavy atom. The van der Waals surface area contributed by atoms with E-state index in [9.17, 15) is 4.79 Å². The summed E-state index contributed by atoms with van der Waals surface area (Å²) in [6.45, 7) is 5.63. The lowest BCUT2D eigenvalue weighted by Gasteiger charge is -2.38. The summed E-state index contributed by atoms with van der Waals surface area (Å²) >= 11 is 0. The number of ether oxygens (including phenoxy) is 1. The number of nitrogen functional groups attached to an aromatic ring is 1. The molecule has 0 spiro atoms. The molecule has 98 valence electrons. The summed E-state index contributed by atoms with van der Waals surface area (Å²) in [5, 5.41) is 0. The van der Waals surface area contributed by atoms with Crippen molar-refractivity contribution in [2.24, 2.45) is 5.84 Å². The number of hydrogen-bond donors (Lipinski definition) is 2. The van der Waals surface area contributed by atoms with Gasteiger partial charge in [-0.25, -0.2) is 10.8 Å². The molecule has 2 rings (SSSR count). The summed E-state index contributed by atoms with van der Waals surface area (Å²) in [4.78, 5) is 18.2. The van der Waals surface area contributed by atoms with Gasteiger partial charge in [0.15, 0.2) is 5.82 Å². The third kappa shape index (κ3) is 2.60. The summed E-state index contributed by atoms with van der Waals surface area (Å²) in [6.07, 6.45) is 1.59. The molecule has 1 aromatic heterocycles. The summed E-state index contributed by atoms with van der Waals surface area (Å²) in [5.74, 6) is 5.68. The van der Waals surface area contributed by atoms with Gasteiger partial charge in [0.25, 0.3) is 5.91 Å². The summed E-state index contributed by atoms with van der Waals surface area (Å²) in [7, 11) is 0. The first-order valence-corrected chi connectivity index (χ1v) is 5.88. The Labute approximate surface area is 106 Å². The normalized spacial score (nSPS) is 18.5. The number of nitrogens with two attached hydrogens (primary N) is 1. The van der Waals surface area contributed by atoms with E-state index in [0.29, 0.717) is 31.1 Å². The van der Waals surface area contributed by atoms with E-state index >= 15 is 0 Å². The van der Waals surface area contributed by atoms with Crippen molar-refractivity contribution in [3.63, 3.8) is 0 Å². The van der Waals surface area contributed by atoms with Gasteiger partial charge >= 0.3 is 0 Å². The maximum atomic E-state index is 12.4. The number of rotatable bonds is 2. The number of amides is 1. The maximum Gasteiger partial charge on any atom is 0.257 e. The SMILES string of the molecule is CC1(C)CN(C(=O)c2cccnc2NN)CCO1. The molecule has 1 saturated heterocycles. The van der Waals surface area contributed by atoms with Crippen molar-refractivity contribution in [2.75, 3.05) is 25.1 Å². The lowest BCUT2D eigenvalue weighted by atomic mass is 10.1. The van der Waals surface area contributed by atoms with Crippen LogP contribution in [-0.4, -0.2) is 41.1 Å². The molecule has 0 bridgehead atoms. The topological polar surface area (TPSA) is 80.5 Å². The van der Waals surface area contributed by atoms with Crippen LogP contribution >= 0.6 is 0 Å². The molecule has 2 heterocycles. The van der Waals surface area contributed by atoms with Crippen LogP contribution in [0.25, 0.3) is 0 Å². The molecule has 1 aromatic rings. The first-order chi connectivity index (χ1) is 8.53. The van der Waals surface area contributed by atoms with Crippen LogP contribution in [-0.2, 0) is 4.74 Å². The van der Waals surface area contributed by atoms with Gasteiger partial charge in [-0.15, -0.1) is 0 Å². The lowest BCUT2D eigenvalue weighted by Crippen LogP contribution is -2.50. The van der Waals surface area contributed by atoms with E-state index in [1.807, 2.05) is 13.8 Å². The fraction of sp³-hybridized carbons (Fsp3) is 0.500. The first kappa shape index (κ1) is 12.8. The highest BCUT2D eigenvalue weighted by Gasteiger charge is 2.31. The van der Waals surface area contributed by atoms with Crippen LogP contribution in [0.2, 0.25) is 0 Å². The molecule has 0 atom stereocenters. The van der Waals surface area contributed by atoms with Crippen LogP contribution in [0.5, 0.6) is 0 Å². The van der Waals surface area contributed by atoms with E-state index in [1.54, 1.807) is 23.2 Å². The standard InChI is InChI=1S/C12H18N4O2/c1-12(2)8-16(6-7-18-12)11(17)9-4-3-5-14-10(9)15-13/h3-5H,6-8,13H2,1-2H3,(H,14,15). The molecule has 1 aliphatic heterocycles. The van der Waals surface area contributed by atoms with Crippen molar-refractivity contribution in [2.45, 2.75) is 19.4 Å². The minimum atomic E-state index is -0.313. The zero-order valence-corrected chi connectivity index (χ0v) is 10.6. The van der Waals surface area contributed by atoms with Crippen molar-refractivity contribution in [1.29, 1.82) is 0 Å². The predicted octanol–water partition coefficient (Wildman–Crippen LogP) is 0.618. The van der Waals surface area contributed by atoms with Crippen LogP contribution in [0.15, 0.2) is 18.3 Å². The predicted molar refractivity (Wildman–Crippen MR) is 68.0 cm³/mol. The minimum absolute atomic E-state index is 0.0765. The first-order valence-electron chi connectivity index (χ1n) is 5.88. The number of hydrogen-bond acceptors (Lipinski definition) is 5. The number of hydrazine groups is 1. The second-order valence-corrected chi connectivity index (χ2v) is 4.88. The van der Waals surface area contributed by atoms with Gasteiger partial charge in [0, 0.05) is 19.3 Å². The molecule has 0 unspecified atom stereocenters. The molecule has 1 fully saturated rings. The van der Waals surface area contributed by atoms with Crippen LogP contribution in [0.3, 0.4) is 0 Å². The molecule has 18 heavy (non-hydrogen) atoms. The average molecular weight is 250 g/mol. The zero-order valence-electron chi connectivity index (χ0n) is 10.6. The Hall–Kier alpha value is -1.66. The van der Waals surface area contributed by atoms with Crippen molar-refractivity contribution < 1.29 is 9.53 Å². The Bertz CT molecular complexity index is 447. The highest BCUT2D eigenvalue weighted by Crippen LogP contribution is 2.20. The highest BCUT2D eigenvalue weighted by atomic mass is 16.5. The second-order valence-electron chi connectivity index (χ2n) is 4.88. The molecule has 6 heteroatoms. The monoisotopic (exact) mass is 250 g/mol. The third-order valence-electron chi connectivity index (χ3n) is 2.89. The molecular formula is C12H18N4O2. The third-order valence-corrected chi connectivity index (χ3v) is 2.89. The molecule has 1 aliphatic rings. The van der Waals surface area contributed by atoms with E-state index in [2.05, 4.69) is 10.4 Å². The van der Waals surface area contributed by atoms with Crippen LogP contribution in [0.1, 0.15) is 24.2 Å². The molecular weight excluding hydrogens is 232 g/mol. The Kier molecular flexibility index (Phi) is 3.49. The number of carbonyl (C=O) groups excluding carboxylic acids is 1. The van der Waals surface area contributed by atoms with Crippen molar-refractivity contribution in [3.8, 4) is 0 Å². The van der Waals surface area contributed by atoms with E-state index in [1.165, 1.54) is 0 Å². The van der Waals surface area contributed by atoms with Crippen molar-refractivity contribution in [3.05, 3.63) is 23.9 Å². The van der Waals surface area contributed by atoms with E-state index in [4.69, 9.17) is 10.6 Å². The Balaban J connectivity index is 2.20. The van der Waals surface area contributed by atoms with Gasteiger partial charge in [0.1, 0.15) is 0 Å². The summed E-state index contributed by atoms with van der Waals surface area (Å²) < 4.78 is 5.59. The van der Waals surface area contributed by atoms with E-state index < -0.39 is 0 Å². The van der Waals surface area contributed by atoms with Crippen molar-refractivity contribution in [1.82, 2.24) is 9.88 Å². The molecule has 1 amide bonds. The quantitative estimate of drug-likeness (QED) is 0.594. The van der Waals surface area contributed by atoms with Crippen LogP contribution < -0.4 is 11.3 Å². The van der Waals surface area contributed by atoms with Gasteiger partial charge in [-0.1, -0.05) is 0 Å². The largest absolute Gasteiger partial charge is 0.372 e. The molecule has 0 saturated carbocycles. The Morgan fingerprint density at radius 1 is 1.61 bits per heavy atom. The summed E-state index contributed by atoms with van der Waals surface area (Å²) in [5.41, 5.74) is 2.62. The van der Waals surface area contributed by atoms with Gasteiger partial charge < -0.3 is 15.1 Å². The number of pyridine rings is 1. The number of nitrogens with one attached hydrogen (secondary N) is 1. The van der Waals surface area contributed by atoms with Gasteiger partial charge in [0.2, 0.25) is 0 Å². The van der Waals surface area contributed by atoms with E-state index in [-0.39, 0.29) is 11.5 Å². The molecule has 0 aliphatic carbocycles. The number of nitrogens with zero attached hydrogens (tertiary/aromatic N) is 2. The van der Waals surface area contributed by atoms with Crippen LogP contribution in [0, 0.1) is 0 Å². The number of morpholine rings is 1. The van der Waals surface area contributed by atoms with E-state index in [0.717, 1.165) is 0 Å². The minimum Gasteiger partial charge on any atom is -0.372 e. The molecule has 0 radical (unpaired) electrons. The number of aromatic nitrogens is 1. The van der Waals surface area contributed by atoms with Crippen LogP contribution in [0.4, 0.5) is 5.82 Å². The summed E-state index contributed by atoms with van der Waals surface area (Å²) in [6, 6.07) is 3.44. The molecule has 6 nitrogen and oxygen atoms in total. The van der Waals surface area contributed by atoms with Gasteiger partial charge in [-0.2, -0.15) is 0 Å². The van der Waals surface area contributed by atoms with Gasteiger partial charge in [-0.05, 0) is 26.0 Å². The lowest BCUT2D eigenvalue weighted by molar-refractivity contribution is -0.0763. The fourth-order valence-corrected chi connectivity index (χ4v) is 2.05. The second kappa shape index (κ2) is 4.91. The Morgan fingerprint density at radius 3 is 3.06 bits per heavy atom. The average Bonchev–Trinajstić information content (AvgIpc) is 2.36. The maximum absolute atomic E-state index is 12.4. The highest BCUT2D eigenvalue weighted by molar-refractivity contribution is 5.98.